The minimum atomic E-state index is 0.194. The average Bonchev–Trinajstić information content (AvgIpc) is 2.84. The summed E-state index contributed by atoms with van der Waals surface area (Å²) in [4.78, 5) is 0. The van der Waals surface area contributed by atoms with Crippen LogP contribution in [-0.4, -0.2) is 18.4 Å². The van der Waals surface area contributed by atoms with Gasteiger partial charge in [0.25, 0.3) is 0 Å². The lowest BCUT2D eigenvalue weighted by atomic mass is 9.94. The van der Waals surface area contributed by atoms with Crippen molar-refractivity contribution in [1.29, 1.82) is 0 Å². The van der Waals surface area contributed by atoms with Gasteiger partial charge in [0.05, 0.1) is 5.02 Å². The summed E-state index contributed by atoms with van der Waals surface area (Å²) in [7, 11) is 0. The average molecular weight is 295 g/mol. The van der Waals surface area contributed by atoms with Gasteiger partial charge in [-0.3, -0.25) is 0 Å². The number of nitrogen functional groups attached to an aromatic ring is 1. The number of fused-ring (bicyclic) bond motifs is 1. The molecule has 0 bridgehead atoms. The predicted molar refractivity (Wildman–Crippen MR) is 76.4 cm³/mol. The molecule has 5 nitrogen and oxygen atoms in total. The van der Waals surface area contributed by atoms with E-state index in [1.54, 1.807) is 6.07 Å². The van der Waals surface area contributed by atoms with Crippen molar-refractivity contribution < 1.29 is 14.0 Å². The van der Waals surface area contributed by atoms with Gasteiger partial charge in [0.2, 0.25) is 0 Å². The molecule has 0 fully saturated rings. The molecule has 0 saturated heterocycles. The zero-order chi connectivity index (χ0) is 14.3. The standard InChI is InChI=1S/C14H15ClN2O3/c1-7(2)12-8(9-6-11(16)17-20-9)5-10-14(13(12)15)19-4-3-18-10/h5-7H,3-4H2,1-2H3,(H2,16,17). The zero-order valence-corrected chi connectivity index (χ0v) is 12.0. The van der Waals surface area contributed by atoms with Crippen molar-refractivity contribution in [3.8, 4) is 22.8 Å². The Bertz CT molecular complexity index is 652. The van der Waals surface area contributed by atoms with Crippen molar-refractivity contribution in [2.45, 2.75) is 19.8 Å². The number of ether oxygens (including phenoxy) is 2. The van der Waals surface area contributed by atoms with Gasteiger partial charge in [-0.1, -0.05) is 30.6 Å². The second kappa shape index (κ2) is 4.90. The first kappa shape index (κ1) is 13.1. The van der Waals surface area contributed by atoms with Gasteiger partial charge in [0, 0.05) is 11.6 Å². The van der Waals surface area contributed by atoms with Crippen LogP contribution in [0.15, 0.2) is 16.7 Å². The Labute approximate surface area is 121 Å². The summed E-state index contributed by atoms with van der Waals surface area (Å²) in [5, 5.41) is 4.28. The SMILES string of the molecule is CC(C)c1c(-c2cc(N)no2)cc2c(c1Cl)OCCO2. The molecule has 2 N–H and O–H groups in total. The smallest absolute Gasteiger partial charge is 0.180 e. The molecule has 0 aliphatic carbocycles. The van der Waals surface area contributed by atoms with Crippen LogP contribution in [0, 0.1) is 0 Å². The number of hydrogen-bond donors (Lipinski definition) is 1. The molecule has 0 atom stereocenters. The Balaban J connectivity index is 2.24. The summed E-state index contributed by atoms with van der Waals surface area (Å²) in [5.74, 6) is 2.32. The topological polar surface area (TPSA) is 70.5 Å². The van der Waals surface area contributed by atoms with Crippen molar-refractivity contribution in [2.75, 3.05) is 18.9 Å². The quantitative estimate of drug-likeness (QED) is 0.918. The van der Waals surface area contributed by atoms with Crippen molar-refractivity contribution in [2.24, 2.45) is 0 Å². The molecule has 0 amide bonds. The molecule has 6 heteroatoms. The summed E-state index contributed by atoms with van der Waals surface area (Å²) < 4.78 is 16.5. The van der Waals surface area contributed by atoms with E-state index in [4.69, 9.17) is 31.3 Å². The number of benzene rings is 1. The van der Waals surface area contributed by atoms with Gasteiger partial charge in [0.1, 0.15) is 13.2 Å². The highest BCUT2D eigenvalue weighted by atomic mass is 35.5. The third-order valence-electron chi connectivity index (χ3n) is 3.18. The molecule has 0 saturated carbocycles. The minimum Gasteiger partial charge on any atom is -0.486 e. The van der Waals surface area contributed by atoms with Crippen molar-refractivity contribution in [1.82, 2.24) is 5.16 Å². The fourth-order valence-electron chi connectivity index (χ4n) is 2.34. The maximum absolute atomic E-state index is 6.49. The van der Waals surface area contributed by atoms with Crippen LogP contribution in [0.4, 0.5) is 5.82 Å². The van der Waals surface area contributed by atoms with Crippen LogP contribution in [0.2, 0.25) is 5.02 Å². The maximum Gasteiger partial charge on any atom is 0.180 e. The summed E-state index contributed by atoms with van der Waals surface area (Å²) in [5.41, 5.74) is 7.39. The van der Waals surface area contributed by atoms with Gasteiger partial charge >= 0.3 is 0 Å². The molecule has 1 aromatic heterocycles. The van der Waals surface area contributed by atoms with Gasteiger partial charge < -0.3 is 19.7 Å². The Morgan fingerprint density at radius 1 is 1.25 bits per heavy atom. The normalized spacial score (nSPS) is 13.8. The van der Waals surface area contributed by atoms with Crippen LogP contribution in [-0.2, 0) is 0 Å². The van der Waals surface area contributed by atoms with Gasteiger partial charge in [-0.15, -0.1) is 0 Å². The second-order valence-corrected chi connectivity index (χ2v) is 5.32. The van der Waals surface area contributed by atoms with Crippen LogP contribution in [0.1, 0.15) is 25.3 Å². The first-order valence-corrected chi connectivity index (χ1v) is 6.80. The Kier molecular flexibility index (Phi) is 3.22. The molecule has 106 valence electrons. The lowest BCUT2D eigenvalue weighted by molar-refractivity contribution is 0.171. The second-order valence-electron chi connectivity index (χ2n) is 4.95. The third kappa shape index (κ3) is 2.08. The molecular weight excluding hydrogens is 280 g/mol. The molecule has 0 spiro atoms. The highest BCUT2D eigenvalue weighted by Gasteiger charge is 2.25. The van der Waals surface area contributed by atoms with Gasteiger partial charge in [-0.2, -0.15) is 0 Å². The first-order chi connectivity index (χ1) is 9.58. The van der Waals surface area contributed by atoms with Crippen LogP contribution in [0.5, 0.6) is 11.5 Å². The third-order valence-corrected chi connectivity index (χ3v) is 3.56. The fraction of sp³-hybridized carbons (Fsp3) is 0.357. The molecule has 1 aliphatic rings. The van der Waals surface area contributed by atoms with E-state index in [0.29, 0.717) is 41.3 Å². The lowest BCUT2D eigenvalue weighted by Crippen LogP contribution is -2.16. The molecule has 1 aliphatic heterocycles. The van der Waals surface area contributed by atoms with E-state index >= 15 is 0 Å². The van der Waals surface area contributed by atoms with E-state index in [2.05, 4.69) is 19.0 Å². The number of nitrogens with zero attached hydrogens (tertiary/aromatic N) is 1. The number of rotatable bonds is 2. The molecule has 2 heterocycles. The van der Waals surface area contributed by atoms with Gasteiger partial charge in [-0.25, -0.2) is 0 Å². The van der Waals surface area contributed by atoms with Crippen molar-refractivity contribution in [3.05, 3.63) is 22.7 Å². The lowest BCUT2D eigenvalue weighted by Gasteiger charge is -2.23. The number of anilines is 1. The van der Waals surface area contributed by atoms with E-state index < -0.39 is 0 Å². The highest BCUT2D eigenvalue weighted by molar-refractivity contribution is 6.33. The zero-order valence-electron chi connectivity index (χ0n) is 11.3. The highest BCUT2D eigenvalue weighted by Crippen LogP contribution is 2.47. The summed E-state index contributed by atoms with van der Waals surface area (Å²) in [6.45, 7) is 5.11. The summed E-state index contributed by atoms with van der Waals surface area (Å²) in [6.07, 6.45) is 0. The van der Waals surface area contributed by atoms with E-state index in [-0.39, 0.29) is 5.92 Å². The Morgan fingerprint density at radius 2 is 2.00 bits per heavy atom. The molecule has 2 aromatic rings. The minimum absolute atomic E-state index is 0.194. The number of nitrogens with two attached hydrogens (primary N) is 1. The van der Waals surface area contributed by atoms with Gasteiger partial charge in [0.15, 0.2) is 23.1 Å². The predicted octanol–water partition coefficient (Wildman–Crippen LogP) is 3.47. The molecule has 20 heavy (non-hydrogen) atoms. The maximum atomic E-state index is 6.49. The molecular formula is C14H15ClN2O3. The molecule has 0 radical (unpaired) electrons. The largest absolute Gasteiger partial charge is 0.486 e. The van der Waals surface area contributed by atoms with Crippen molar-refractivity contribution in [3.63, 3.8) is 0 Å². The van der Waals surface area contributed by atoms with Crippen LogP contribution in [0.3, 0.4) is 0 Å². The van der Waals surface area contributed by atoms with E-state index in [9.17, 15) is 0 Å². The van der Waals surface area contributed by atoms with Crippen molar-refractivity contribution >= 4 is 17.4 Å². The fourth-order valence-corrected chi connectivity index (χ4v) is 2.81. The summed E-state index contributed by atoms with van der Waals surface area (Å²) in [6, 6.07) is 3.54. The number of hydrogen-bond acceptors (Lipinski definition) is 5. The Morgan fingerprint density at radius 3 is 2.65 bits per heavy atom. The van der Waals surface area contributed by atoms with Crippen LogP contribution < -0.4 is 15.2 Å². The molecule has 0 unspecified atom stereocenters. The number of aromatic nitrogens is 1. The summed E-state index contributed by atoms with van der Waals surface area (Å²) >= 11 is 6.49. The van der Waals surface area contributed by atoms with E-state index in [0.717, 1.165) is 11.1 Å². The molecule has 3 rings (SSSR count). The van der Waals surface area contributed by atoms with E-state index in [1.165, 1.54) is 0 Å². The molecule has 1 aromatic carbocycles. The van der Waals surface area contributed by atoms with Gasteiger partial charge in [-0.05, 0) is 17.5 Å². The van der Waals surface area contributed by atoms with Crippen LogP contribution in [0.25, 0.3) is 11.3 Å². The monoisotopic (exact) mass is 294 g/mol. The van der Waals surface area contributed by atoms with Crippen LogP contribution >= 0.6 is 11.6 Å². The first-order valence-electron chi connectivity index (χ1n) is 6.42. The Hall–Kier alpha value is -1.88. The number of halogens is 1. The van der Waals surface area contributed by atoms with E-state index in [1.807, 2.05) is 6.07 Å².